The van der Waals surface area contributed by atoms with Gasteiger partial charge in [0.1, 0.15) is 5.82 Å². The fourth-order valence-electron chi connectivity index (χ4n) is 3.28. The number of carbonyl (C=O) groups excluding carboxylic acids is 1. The van der Waals surface area contributed by atoms with Gasteiger partial charge in [0.15, 0.2) is 5.82 Å². The molecule has 1 aromatic heterocycles. The largest absolute Gasteiger partial charge is 0.381 e. The van der Waals surface area contributed by atoms with Crippen molar-refractivity contribution in [3.8, 4) is 0 Å². The van der Waals surface area contributed by atoms with Crippen molar-refractivity contribution in [2.45, 2.75) is 38.8 Å². The topological polar surface area (TPSA) is 86.3 Å². The molecule has 2 aliphatic rings. The minimum atomic E-state index is -0.471. The molecule has 1 saturated heterocycles. The first kappa shape index (κ1) is 14.5. The number of nitrogens with zero attached hydrogens (tertiary/aromatic N) is 4. The van der Waals surface area contributed by atoms with Gasteiger partial charge in [-0.05, 0) is 19.3 Å². The maximum absolute atomic E-state index is 12.8. The maximum atomic E-state index is 12.8. The van der Waals surface area contributed by atoms with Crippen molar-refractivity contribution in [3.63, 3.8) is 0 Å². The highest BCUT2D eigenvalue weighted by Gasteiger charge is 2.40. The van der Waals surface area contributed by atoms with Crippen molar-refractivity contribution in [3.05, 3.63) is 11.6 Å². The first-order valence-corrected chi connectivity index (χ1v) is 7.61. The lowest BCUT2D eigenvalue weighted by molar-refractivity contribution is -0.146. The van der Waals surface area contributed by atoms with Crippen LogP contribution in [0.4, 0.5) is 0 Å². The van der Waals surface area contributed by atoms with Crippen LogP contribution in [-0.4, -0.2) is 52.4 Å². The third kappa shape index (κ3) is 2.55. The molecular weight excluding hydrogens is 270 g/mol. The lowest BCUT2D eigenvalue weighted by Crippen LogP contribution is -2.49. The van der Waals surface area contributed by atoms with E-state index in [1.807, 2.05) is 7.05 Å². The van der Waals surface area contributed by atoms with Gasteiger partial charge in [0.05, 0.1) is 12.0 Å². The Labute approximate surface area is 124 Å². The third-order valence-corrected chi connectivity index (χ3v) is 4.71. The number of aryl methyl sites for hydroxylation is 1. The molecule has 0 saturated carbocycles. The van der Waals surface area contributed by atoms with Crippen LogP contribution in [0.15, 0.2) is 0 Å². The molecule has 0 spiro atoms. The second kappa shape index (κ2) is 5.73. The van der Waals surface area contributed by atoms with E-state index in [1.165, 1.54) is 0 Å². The maximum Gasteiger partial charge on any atom is 0.230 e. The quantitative estimate of drug-likeness (QED) is 0.840. The molecular formula is C14H23N5O2. The van der Waals surface area contributed by atoms with Gasteiger partial charge in [0.2, 0.25) is 5.91 Å². The molecule has 0 aliphatic carbocycles. The summed E-state index contributed by atoms with van der Waals surface area (Å²) in [6.45, 7) is 3.04. The summed E-state index contributed by atoms with van der Waals surface area (Å²) in [7, 11) is 1.83. The number of amides is 1. The summed E-state index contributed by atoms with van der Waals surface area (Å²) in [6, 6.07) is 0. The number of ether oxygens (including phenoxy) is 1. The number of hydrogen-bond donors (Lipinski definition) is 1. The number of hydrogen-bond acceptors (Lipinski definition) is 5. The molecule has 21 heavy (non-hydrogen) atoms. The molecule has 2 aliphatic heterocycles. The van der Waals surface area contributed by atoms with Gasteiger partial charge in [0, 0.05) is 39.8 Å². The summed E-state index contributed by atoms with van der Waals surface area (Å²) in [5.74, 6) is 2.01. The van der Waals surface area contributed by atoms with E-state index in [9.17, 15) is 4.79 Å². The molecule has 1 aromatic rings. The molecule has 0 unspecified atom stereocenters. The summed E-state index contributed by atoms with van der Waals surface area (Å²) < 4.78 is 7.50. The molecule has 7 nitrogen and oxygen atoms in total. The lowest BCUT2D eigenvalue weighted by atomic mass is 9.79. The van der Waals surface area contributed by atoms with Gasteiger partial charge in [0.25, 0.3) is 0 Å². The van der Waals surface area contributed by atoms with Crippen LogP contribution in [0.2, 0.25) is 0 Å². The molecule has 0 bridgehead atoms. The lowest BCUT2D eigenvalue weighted by Gasteiger charge is -2.37. The smallest absolute Gasteiger partial charge is 0.230 e. The van der Waals surface area contributed by atoms with Gasteiger partial charge < -0.3 is 19.9 Å². The van der Waals surface area contributed by atoms with Crippen LogP contribution in [-0.2, 0) is 29.0 Å². The Hall–Kier alpha value is -1.47. The van der Waals surface area contributed by atoms with E-state index < -0.39 is 5.41 Å². The first-order valence-electron chi connectivity index (χ1n) is 7.61. The molecule has 116 valence electrons. The summed E-state index contributed by atoms with van der Waals surface area (Å²) in [5.41, 5.74) is 5.43. The van der Waals surface area contributed by atoms with Gasteiger partial charge in [-0.2, -0.15) is 0 Å². The summed E-state index contributed by atoms with van der Waals surface area (Å²) in [5, 5.41) is 8.41. The zero-order chi connectivity index (χ0) is 14.9. The summed E-state index contributed by atoms with van der Waals surface area (Å²) in [4.78, 5) is 14.6. The first-order chi connectivity index (χ1) is 10.2. The predicted octanol–water partition coefficient (Wildman–Crippen LogP) is -0.0618. The number of nitrogens with two attached hydrogens (primary N) is 1. The summed E-state index contributed by atoms with van der Waals surface area (Å²) >= 11 is 0. The highest BCUT2D eigenvalue weighted by atomic mass is 16.5. The minimum absolute atomic E-state index is 0.101. The molecule has 0 atom stereocenters. The van der Waals surface area contributed by atoms with Crippen LogP contribution in [0, 0.1) is 5.41 Å². The van der Waals surface area contributed by atoms with E-state index in [4.69, 9.17) is 10.5 Å². The van der Waals surface area contributed by atoms with E-state index in [1.54, 1.807) is 4.90 Å². The Morgan fingerprint density at radius 2 is 2.19 bits per heavy atom. The van der Waals surface area contributed by atoms with Crippen LogP contribution < -0.4 is 5.73 Å². The molecule has 0 radical (unpaired) electrons. The number of carbonyl (C=O) groups is 1. The van der Waals surface area contributed by atoms with Crippen molar-refractivity contribution in [2.75, 3.05) is 26.8 Å². The number of fused-ring (bicyclic) bond motifs is 1. The van der Waals surface area contributed by atoms with E-state index in [0.717, 1.165) is 31.0 Å². The Morgan fingerprint density at radius 1 is 1.43 bits per heavy atom. The fourth-order valence-corrected chi connectivity index (χ4v) is 3.28. The average Bonchev–Trinajstić information content (AvgIpc) is 3.12. The second-order valence-electron chi connectivity index (χ2n) is 6.05. The zero-order valence-electron chi connectivity index (χ0n) is 12.5. The van der Waals surface area contributed by atoms with Crippen molar-refractivity contribution in [2.24, 2.45) is 11.1 Å². The number of rotatable bonds is 4. The monoisotopic (exact) mass is 293 g/mol. The Morgan fingerprint density at radius 3 is 2.90 bits per heavy atom. The predicted molar refractivity (Wildman–Crippen MR) is 76.4 cm³/mol. The fraction of sp³-hybridized carbons (Fsp3) is 0.786. The Balaban J connectivity index is 1.71. The third-order valence-electron chi connectivity index (χ3n) is 4.71. The molecule has 3 rings (SSSR count). The standard InChI is InChI=1S/C14H23N5O2/c1-18(9-12-17-16-11-3-2-6-19(11)12)13(20)14(10-15)4-7-21-8-5-14/h2-10,15H2,1H3. The van der Waals surface area contributed by atoms with Crippen LogP contribution in [0.1, 0.15) is 30.9 Å². The normalized spacial score (nSPS) is 20.3. The highest BCUT2D eigenvalue weighted by Crippen LogP contribution is 2.31. The number of aromatic nitrogens is 3. The van der Waals surface area contributed by atoms with Crippen LogP contribution >= 0.6 is 0 Å². The van der Waals surface area contributed by atoms with E-state index in [-0.39, 0.29) is 5.91 Å². The SMILES string of the molecule is CN(Cc1nnc2n1CCC2)C(=O)C1(CN)CCOCC1. The van der Waals surface area contributed by atoms with Crippen LogP contribution in [0.3, 0.4) is 0 Å². The van der Waals surface area contributed by atoms with Crippen molar-refractivity contribution in [1.29, 1.82) is 0 Å². The molecule has 1 amide bonds. The van der Waals surface area contributed by atoms with Gasteiger partial charge in [-0.25, -0.2) is 0 Å². The van der Waals surface area contributed by atoms with Crippen LogP contribution in [0.25, 0.3) is 0 Å². The second-order valence-corrected chi connectivity index (χ2v) is 6.05. The van der Waals surface area contributed by atoms with Crippen molar-refractivity contribution in [1.82, 2.24) is 19.7 Å². The Kier molecular flexibility index (Phi) is 3.95. The van der Waals surface area contributed by atoms with E-state index >= 15 is 0 Å². The summed E-state index contributed by atoms with van der Waals surface area (Å²) in [6.07, 6.45) is 3.49. The molecule has 1 fully saturated rings. The van der Waals surface area contributed by atoms with Crippen molar-refractivity contribution < 1.29 is 9.53 Å². The van der Waals surface area contributed by atoms with Crippen LogP contribution in [0.5, 0.6) is 0 Å². The van der Waals surface area contributed by atoms with Crippen molar-refractivity contribution >= 4 is 5.91 Å². The van der Waals surface area contributed by atoms with Gasteiger partial charge in [-0.1, -0.05) is 0 Å². The zero-order valence-corrected chi connectivity index (χ0v) is 12.5. The molecule has 7 heteroatoms. The van der Waals surface area contributed by atoms with Gasteiger partial charge >= 0.3 is 0 Å². The van der Waals surface area contributed by atoms with E-state index in [0.29, 0.717) is 39.1 Å². The molecule has 0 aromatic carbocycles. The average molecular weight is 293 g/mol. The highest BCUT2D eigenvalue weighted by molar-refractivity contribution is 5.82. The van der Waals surface area contributed by atoms with Gasteiger partial charge in [-0.3, -0.25) is 4.79 Å². The molecule has 2 N–H and O–H groups in total. The Bertz CT molecular complexity index is 521. The molecule has 3 heterocycles. The van der Waals surface area contributed by atoms with Gasteiger partial charge in [-0.15, -0.1) is 10.2 Å². The van der Waals surface area contributed by atoms with E-state index in [2.05, 4.69) is 14.8 Å². The minimum Gasteiger partial charge on any atom is -0.381 e.